The van der Waals surface area contributed by atoms with Gasteiger partial charge < -0.3 is 9.80 Å². The highest BCUT2D eigenvalue weighted by Crippen LogP contribution is 2.39. The fraction of sp³-hybridized carbons (Fsp3) is 0.0164. The summed E-state index contributed by atoms with van der Waals surface area (Å²) in [5.41, 5.74) is 13.6. The normalized spacial score (nSPS) is 13.0. The van der Waals surface area contributed by atoms with Crippen LogP contribution in [0.3, 0.4) is 0 Å². The maximum atomic E-state index is 4.74. The summed E-state index contributed by atoms with van der Waals surface area (Å²) in [6, 6.07) is 88.0. The lowest BCUT2D eigenvalue weighted by atomic mass is 10.00. The van der Waals surface area contributed by atoms with Crippen molar-refractivity contribution in [2.75, 3.05) is 9.80 Å². The van der Waals surface area contributed by atoms with Crippen molar-refractivity contribution in [3.05, 3.63) is 279 Å². The van der Waals surface area contributed by atoms with Gasteiger partial charge in [-0.05, 0) is 116 Å². The number of nitrogens with zero attached hydrogens (tertiary/aromatic N) is 2. The highest BCUT2D eigenvalue weighted by atomic mass is 28.3. The van der Waals surface area contributed by atoms with Gasteiger partial charge in [0.2, 0.25) is 0 Å². The molecule has 0 aliphatic carbocycles. The fourth-order valence-electron chi connectivity index (χ4n) is 9.41. The molecular formula is C61H48N2Si. The minimum Gasteiger partial charge on any atom is -0.311 e. The predicted molar refractivity (Wildman–Crippen MR) is 276 cm³/mol. The van der Waals surface area contributed by atoms with Crippen LogP contribution in [0, 0.1) is 0 Å². The molecule has 0 amide bonds. The summed E-state index contributed by atoms with van der Waals surface area (Å²) in [5.74, 6) is 0. The van der Waals surface area contributed by atoms with E-state index in [1.165, 1.54) is 54.4 Å². The van der Waals surface area contributed by atoms with Gasteiger partial charge in [-0.1, -0.05) is 213 Å². The molecule has 10 rings (SSSR count). The van der Waals surface area contributed by atoms with Gasteiger partial charge in [0.1, 0.15) is 0 Å². The lowest BCUT2D eigenvalue weighted by Crippen LogP contribution is -2.77. The molecule has 0 atom stereocenters. The van der Waals surface area contributed by atoms with E-state index in [0.29, 0.717) is 0 Å². The van der Waals surface area contributed by atoms with Crippen LogP contribution in [-0.2, 0) is 0 Å². The number of para-hydroxylation sites is 3. The summed E-state index contributed by atoms with van der Waals surface area (Å²) < 4.78 is 0. The van der Waals surface area contributed by atoms with E-state index < -0.39 is 8.07 Å². The van der Waals surface area contributed by atoms with Crippen LogP contribution >= 0.6 is 0 Å². The Bertz CT molecular complexity index is 3050. The zero-order valence-electron chi connectivity index (χ0n) is 35.9. The van der Waals surface area contributed by atoms with Crippen LogP contribution in [0.15, 0.2) is 273 Å². The Balaban J connectivity index is 1.04. The number of fused-ring (bicyclic) bond motifs is 2. The first kappa shape index (κ1) is 40.1. The average Bonchev–Trinajstić information content (AvgIpc) is 3.38. The molecule has 9 aromatic carbocycles. The molecule has 0 unspecified atom stereocenters. The summed E-state index contributed by atoms with van der Waals surface area (Å²) in [7, 11) is -2.86. The molecule has 0 N–H and O–H groups in total. The van der Waals surface area contributed by atoms with Crippen LogP contribution in [-0.4, -0.2) is 8.07 Å². The Hall–Kier alpha value is -7.98. The largest absolute Gasteiger partial charge is 0.311 e. The molecule has 1 heterocycles. The standard InChI is InChI=1S/C61H48N2Si/c1-3-52(62(53-23-11-5-12-24-53)55-42-38-50(39-43-55)49-36-34-48(35-37-49)47-21-9-4-10-22-47)41-33-46(2)51-40-44-59-61(45-51)64(56-27-15-7-16-28-56,57-29-17-8-18-30-57)60-32-20-19-31-58(60)63(59)54-25-13-6-14-26-54/h3-45H,2H2,1H3/b41-33-,52-3+. The van der Waals surface area contributed by atoms with Crippen LogP contribution in [0.4, 0.5) is 28.4 Å². The maximum Gasteiger partial charge on any atom is 0.184 e. The van der Waals surface area contributed by atoms with Crippen molar-refractivity contribution in [1.29, 1.82) is 0 Å². The van der Waals surface area contributed by atoms with E-state index in [4.69, 9.17) is 6.58 Å². The third-order valence-corrected chi connectivity index (χ3v) is 17.3. The number of benzene rings is 9. The predicted octanol–water partition coefficient (Wildman–Crippen LogP) is 13.5. The number of hydrogen-bond acceptors (Lipinski definition) is 2. The third kappa shape index (κ3) is 7.42. The molecule has 0 fully saturated rings. The second-order valence-corrected chi connectivity index (χ2v) is 19.9. The van der Waals surface area contributed by atoms with Gasteiger partial charge in [0.05, 0.1) is 0 Å². The summed E-state index contributed by atoms with van der Waals surface area (Å²) in [6.07, 6.45) is 6.56. The molecule has 0 saturated heterocycles. The lowest BCUT2D eigenvalue weighted by Gasteiger charge is -2.45. The Morgan fingerprint density at radius 3 is 1.47 bits per heavy atom. The minimum atomic E-state index is -2.86. The Morgan fingerprint density at radius 1 is 0.438 bits per heavy atom. The molecule has 0 radical (unpaired) electrons. The lowest BCUT2D eigenvalue weighted by molar-refractivity contribution is 1.20. The monoisotopic (exact) mass is 836 g/mol. The van der Waals surface area contributed by atoms with E-state index in [2.05, 4.69) is 278 Å². The van der Waals surface area contributed by atoms with Crippen LogP contribution in [0.5, 0.6) is 0 Å². The smallest absolute Gasteiger partial charge is 0.184 e. The van der Waals surface area contributed by atoms with Crippen molar-refractivity contribution in [3.63, 3.8) is 0 Å². The zero-order valence-corrected chi connectivity index (χ0v) is 36.9. The summed E-state index contributed by atoms with van der Waals surface area (Å²) >= 11 is 0. The Morgan fingerprint density at radius 2 is 0.891 bits per heavy atom. The molecule has 2 nitrogen and oxygen atoms in total. The first-order valence-electron chi connectivity index (χ1n) is 22.0. The molecular weight excluding hydrogens is 789 g/mol. The van der Waals surface area contributed by atoms with Crippen LogP contribution in [0.25, 0.3) is 27.8 Å². The quantitative estimate of drug-likeness (QED) is 0.0946. The second-order valence-electron chi connectivity index (χ2n) is 16.1. The van der Waals surface area contributed by atoms with Gasteiger partial charge in [0, 0.05) is 34.1 Å². The van der Waals surface area contributed by atoms with Crippen LogP contribution in [0.2, 0.25) is 0 Å². The van der Waals surface area contributed by atoms with Crippen molar-refractivity contribution < 1.29 is 0 Å². The van der Waals surface area contributed by atoms with E-state index in [0.717, 1.165) is 33.9 Å². The maximum absolute atomic E-state index is 4.74. The highest BCUT2D eigenvalue weighted by molar-refractivity contribution is 7.21. The van der Waals surface area contributed by atoms with Crippen molar-refractivity contribution in [1.82, 2.24) is 0 Å². The van der Waals surface area contributed by atoms with Gasteiger partial charge in [-0.25, -0.2) is 0 Å². The van der Waals surface area contributed by atoms with E-state index in [1.54, 1.807) is 0 Å². The third-order valence-electron chi connectivity index (χ3n) is 12.5. The Labute approximate surface area is 378 Å². The van der Waals surface area contributed by atoms with Gasteiger partial charge in [-0.2, -0.15) is 0 Å². The van der Waals surface area contributed by atoms with Crippen LogP contribution < -0.4 is 30.5 Å². The van der Waals surface area contributed by atoms with Crippen molar-refractivity contribution in [2.24, 2.45) is 0 Å². The molecule has 64 heavy (non-hydrogen) atoms. The summed E-state index contributed by atoms with van der Waals surface area (Å²) in [5, 5.41) is 5.41. The molecule has 1 aliphatic heterocycles. The molecule has 9 aromatic rings. The van der Waals surface area contributed by atoms with Crippen LogP contribution in [0.1, 0.15) is 12.5 Å². The second kappa shape index (κ2) is 17.8. The first-order valence-corrected chi connectivity index (χ1v) is 24.0. The number of hydrogen-bond donors (Lipinski definition) is 0. The van der Waals surface area contributed by atoms with E-state index in [1.807, 2.05) is 0 Å². The van der Waals surface area contributed by atoms with Gasteiger partial charge >= 0.3 is 0 Å². The van der Waals surface area contributed by atoms with E-state index in [-0.39, 0.29) is 0 Å². The topological polar surface area (TPSA) is 6.48 Å². The van der Waals surface area contributed by atoms with Crippen molar-refractivity contribution in [2.45, 2.75) is 6.92 Å². The molecule has 0 aromatic heterocycles. The van der Waals surface area contributed by atoms with E-state index >= 15 is 0 Å². The highest BCUT2D eigenvalue weighted by Gasteiger charge is 2.48. The number of anilines is 5. The zero-order chi connectivity index (χ0) is 43.3. The summed E-state index contributed by atoms with van der Waals surface area (Å²) in [6.45, 7) is 6.85. The molecule has 0 saturated carbocycles. The number of allylic oxidation sites excluding steroid dienone is 4. The van der Waals surface area contributed by atoms with Crippen molar-refractivity contribution >= 4 is 62.8 Å². The minimum absolute atomic E-state index is 0.943. The number of rotatable bonds is 11. The summed E-state index contributed by atoms with van der Waals surface area (Å²) in [4.78, 5) is 4.77. The molecule has 3 heteroatoms. The average molecular weight is 837 g/mol. The van der Waals surface area contributed by atoms with Gasteiger partial charge in [-0.3, -0.25) is 0 Å². The Kier molecular flexibility index (Phi) is 11.1. The molecule has 306 valence electrons. The first-order chi connectivity index (χ1) is 31.6. The molecule has 1 aliphatic rings. The molecule has 0 spiro atoms. The SMILES string of the molecule is C=C(/C=C\C(=C/C)N(c1ccccc1)c1ccc(-c2ccc(-c3ccccc3)cc2)cc1)c1ccc2c(c1)[Si](c1ccccc1)(c1ccccc1)c1ccccc1N2c1ccccc1. The van der Waals surface area contributed by atoms with E-state index in [9.17, 15) is 0 Å². The van der Waals surface area contributed by atoms with Crippen molar-refractivity contribution in [3.8, 4) is 22.3 Å². The van der Waals surface area contributed by atoms with Gasteiger partial charge in [0.15, 0.2) is 8.07 Å². The van der Waals surface area contributed by atoms with Gasteiger partial charge in [-0.15, -0.1) is 0 Å². The van der Waals surface area contributed by atoms with Gasteiger partial charge in [0.25, 0.3) is 0 Å². The molecule has 0 bridgehead atoms. The fourth-order valence-corrected chi connectivity index (χ4v) is 14.5.